The molecule has 96 valence electrons. The van der Waals surface area contributed by atoms with Crippen LogP contribution in [-0.4, -0.2) is 23.3 Å². The fourth-order valence-electron chi connectivity index (χ4n) is 1.41. The summed E-state index contributed by atoms with van der Waals surface area (Å²) in [5.41, 5.74) is 0.656. The Labute approximate surface area is 101 Å². The number of aryl methyl sites for hydroxylation is 1. The van der Waals surface area contributed by atoms with Crippen molar-refractivity contribution in [2.45, 2.75) is 19.8 Å². The highest BCUT2D eigenvalue weighted by atomic mass is 32.2. The zero-order chi connectivity index (χ0) is 13.1. The molecule has 0 unspecified atom stereocenters. The van der Waals surface area contributed by atoms with Crippen LogP contribution >= 0.6 is 0 Å². The van der Waals surface area contributed by atoms with Crippen LogP contribution in [0.3, 0.4) is 0 Å². The van der Waals surface area contributed by atoms with E-state index >= 15 is 0 Å². The number of hydrogen-bond acceptors (Lipinski definition) is 2. The Balaban J connectivity index is 2.62. The molecule has 0 aromatic heterocycles. The normalized spacial score (nSPS) is 11.6. The Bertz CT molecular complexity index is 488. The second kappa shape index (κ2) is 5.58. The molecule has 0 fully saturated rings. The molecule has 0 saturated carbocycles. The van der Waals surface area contributed by atoms with Gasteiger partial charge in [-0.3, -0.25) is 4.21 Å². The lowest BCUT2D eigenvalue weighted by Crippen LogP contribution is -1.97. The Morgan fingerprint density at radius 2 is 1.76 bits per heavy atom. The van der Waals surface area contributed by atoms with E-state index in [1.807, 2.05) is 0 Å². The van der Waals surface area contributed by atoms with Crippen LogP contribution in [0.4, 0.5) is 8.78 Å². The van der Waals surface area contributed by atoms with Crippen LogP contribution in [0.25, 0.3) is 0 Å². The van der Waals surface area contributed by atoms with Gasteiger partial charge in [-0.05, 0) is 37.5 Å². The average molecular weight is 261 g/mol. The van der Waals surface area contributed by atoms with Crippen molar-refractivity contribution >= 4 is 9.73 Å². The predicted octanol–water partition coefficient (Wildman–Crippen LogP) is 2.93. The number of hydrogen-bond donors (Lipinski definition) is 0. The van der Waals surface area contributed by atoms with Crippen molar-refractivity contribution in [1.82, 2.24) is 0 Å². The standard InChI is InChI=1S/C12H17F2NOS/c1-9-11(13)7-10(8-12(9)14)5-4-6-15-17(2,3)16/h7-8H,4-6H2,1-3H3. The minimum Gasteiger partial charge on any atom is -0.250 e. The fraction of sp³-hybridized carbons (Fsp3) is 0.500. The first-order valence-corrected chi connectivity index (χ1v) is 7.70. The molecule has 0 aliphatic carbocycles. The first kappa shape index (κ1) is 14.1. The molecule has 0 amide bonds. The van der Waals surface area contributed by atoms with Gasteiger partial charge in [0.1, 0.15) is 11.6 Å². The van der Waals surface area contributed by atoms with Gasteiger partial charge < -0.3 is 0 Å². The monoisotopic (exact) mass is 261 g/mol. The molecule has 0 saturated heterocycles. The summed E-state index contributed by atoms with van der Waals surface area (Å²) >= 11 is 0. The van der Waals surface area contributed by atoms with Gasteiger partial charge in [-0.25, -0.2) is 13.1 Å². The van der Waals surface area contributed by atoms with Crippen molar-refractivity contribution in [2.24, 2.45) is 4.36 Å². The minimum atomic E-state index is -2.07. The third kappa shape index (κ3) is 4.81. The third-order valence-electron chi connectivity index (χ3n) is 2.37. The number of rotatable bonds is 4. The molecule has 5 heteroatoms. The van der Waals surface area contributed by atoms with Crippen LogP contribution in [0.5, 0.6) is 0 Å². The van der Waals surface area contributed by atoms with Gasteiger partial charge in [0.25, 0.3) is 0 Å². The molecule has 0 radical (unpaired) electrons. The smallest absolute Gasteiger partial charge is 0.129 e. The zero-order valence-electron chi connectivity index (χ0n) is 10.3. The van der Waals surface area contributed by atoms with Crippen molar-refractivity contribution in [3.8, 4) is 0 Å². The summed E-state index contributed by atoms with van der Waals surface area (Å²) in [5.74, 6) is -1.04. The largest absolute Gasteiger partial charge is 0.250 e. The highest BCUT2D eigenvalue weighted by Crippen LogP contribution is 2.15. The van der Waals surface area contributed by atoms with Gasteiger partial charge in [0.2, 0.25) is 0 Å². The second-order valence-corrected chi connectivity index (χ2v) is 6.94. The van der Waals surface area contributed by atoms with E-state index in [9.17, 15) is 13.0 Å². The summed E-state index contributed by atoms with van der Waals surface area (Å²) in [7, 11) is -2.07. The molecule has 0 N–H and O–H groups in total. The van der Waals surface area contributed by atoms with Crippen LogP contribution < -0.4 is 0 Å². The van der Waals surface area contributed by atoms with Crippen molar-refractivity contribution in [1.29, 1.82) is 0 Å². The highest BCUT2D eigenvalue weighted by Gasteiger charge is 2.06. The molecule has 0 aliphatic heterocycles. The van der Waals surface area contributed by atoms with Crippen molar-refractivity contribution in [3.05, 3.63) is 34.9 Å². The van der Waals surface area contributed by atoms with Crippen molar-refractivity contribution in [3.63, 3.8) is 0 Å². The summed E-state index contributed by atoms with van der Waals surface area (Å²) in [6.45, 7) is 1.86. The molecule has 2 nitrogen and oxygen atoms in total. The van der Waals surface area contributed by atoms with Crippen LogP contribution in [0.15, 0.2) is 16.5 Å². The van der Waals surface area contributed by atoms with Gasteiger partial charge in [-0.1, -0.05) is 0 Å². The topological polar surface area (TPSA) is 29.4 Å². The summed E-state index contributed by atoms with van der Waals surface area (Å²) < 4.78 is 41.7. The Morgan fingerprint density at radius 1 is 1.24 bits per heavy atom. The van der Waals surface area contributed by atoms with Gasteiger partial charge in [-0.2, -0.15) is 0 Å². The van der Waals surface area contributed by atoms with Gasteiger partial charge >= 0.3 is 0 Å². The molecular weight excluding hydrogens is 244 g/mol. The van der Waals surface area contributed by atoms with E-state index in [4.69, 9.17) is 0 Å². The molecule has 0 atom stereocenters. The Morgan fingerprint density at radius 3 is 2.24 bits per heavy atom. The lowest BCUT2D eigenvalue weighted by molar-refractivity contribution is 0.564. The van der Waals surface area contributed by atoms with E-state index in [-0.39, 0.29) is 5.56 Å². The highest BCUT2D eigenvalue weighted by molar-refractivity contribution is 7.92. The third-order valence-corrected chi connectivity index (χ3v) is 3.17. The van der Waals surface area contributed by atoms with Gasteiger partial charge in [0.05, 0.1) is 0 Å². The first-order valence-electron chi connectivity index (χ1n) is 5.37. The maximum atomic E-state index is 13.2. The SMILES string of the molecule is Cc1c(F)cc(CCCN=S(C)(C)=O)cc1F. The number of nitrogens with zero attached hydrogens (tertiary/aromatic N) is 1. The lowest BCUT2D eigenvalue weighted by Gasteiger charge is -2.04. The van der Waals surface area contributed by atoms with E-state index in [0.29, 0.717) is 24.9 Å². The molecule has 0 aliphatic rings. The average Bonchev–Trinajstić information content (AvgIpc) is 2.19. The van der Waals surface area contributed by atoms with Gasteiger partial charge in [-0.15, -0.1) is 0 Å². The molecule has 0 bridgehead atoms. The summed E-state index contributed by atoms with van der Waals surface area (Å²) in [6.07, 6.45) is 4.31. The van der Waals surface area contributed by atoms with E-state index in [0.717, 1.165) is 0 Å². The molecule has 0 spiro atoms. The Kier molecular flexibility index (Phi) is 4.62. The molecule has 17 heavy (non-hydrogen) atoms. The summed E-state index contributed by atoms with van der Waals surface area (Å²) in [5, 5.41) is 0. The van der Waals surface area contributed by atoms with E-state index in [1.54, 1.807) is 12.5 Å². The summed E-state index contributed by atoms with van der Waals surface area (Å²) in [4.78, 5) is 0. The Hall–Kier alpha value is -0.970. The van der Waals surface area contributed by atoms with Crippen molar-refractivity contribution in [2.75, 3.05) is 19.1 Å². The molecule has 1 rings (SSSR count). The van der Waals surface area contributed by atoms with E-state index < -0.39 is 21.4 Å². The fourth-order valence-corrected chi connectivity index (χ4v) is 1.98. The lowest BCUT2D eigenvalue weighted by atomic mass is 10.1. The van der Waals surface area contributed by atoms with Gasteiger partial charge in [0.15, 0.2) is 0 Å². The van der Waals surface area contributed by atoms with Crippen LogP contribution in [-0.2, 0) is 16.1 Å². The molecule has 1 aromatic rings. The van der Waals surface area contributed by atoms with Crippen molar-refractivity contribution < 1.29 is 13.0 Å². The quantitative estimate of drug-likeness (QED) is 0.766. The predicted molar refractivity (Wildman–Crippen MR) is 66.7 cm³/mol. The van der Waals surface area contributed by atoms with Crippen LogP contribution in [0.1, 0.15) is 17.5 Å². The number of benzene rings is 1. The minimum absolute atomic E-state index is 0.0450. The molecule has 1 aromatic carbocycles. The van der Waals surface area contributed by atoms with E-state index in [1.165, 1.54) is 19.1 Å². The molecule has 0 heterocycles. The maximum Gasteiger partial charge on any atom is 0.129 e. The maximum absolute atomic E-state index is 13.2. The van der Waals surface area contributed by atoms with Crippen LogP contribution in [0, 0.1) is 18.6 Å². The van der Waals surface area contributed by atoms with E-state index in [2.05, 4.69) is 4.36 Å². The molecular formula is C12H17F2NOS. The number of halogens is 2. The zero-order valence-corrected chi connectivity index (χ0v) is 11.1. The first-order chi connectivity index (χ1) is 7.79. The second-order valence-electron chi connectivity index (χ2n) is 4.32. The summed E-state index contributed by atoms with van der Waals surface area (Å²) in [6, 6.07) is 2.68. The van der Waals surface area contributed by atoms with Crippen LogP contribution in [0.2, 0.25) is 0 Å². The van der Waals surface area contributed by atoms with Gasteiger partial charge in [0, 0.05) is 34.3 Å².